The van der Waals surface area contributed by atoms with E-state index < -0.39 is 0 Å². The number of nitrogens with one attached hydrogen (secondary N) is 1. The molecule has 1 aliphatic heterocycles. The van der Waals surface area contributed by atoms with Crippen LogP contribution in [0.1, 0.15) is 26.0 Å². The van der Waals surface area contributed by atoms with Gasteiger partial charge in [0.25, 0.3) is 0 Å². The average molecular weight is 221 g/mol. The number of hydrogen-bond donors (Lipinski definition) is 2. The quantitative estimate of drug-likeness (QED) is 0.588. The highest BCUT2D eigenvalue weighted by atomic mass is 15.3. The summed E-state index contributed by atoms with van der Waals surface area (Å²) in [7, 11) is 0. The molecule has 88 valence electrons. The number of rotatable bonds is 3. The van der Waals surface area contributed by atoms with Crippen LogP contribution < -0.4 is 11.3 Å². The number of aromatic nitrogens is 2. The van der Waals surface area contributed by atoms with Gasteiger partial charge in [0, 0.05) is 13.1 Å². The average Bonchev–Trinajstić information content (AvgIpc) is 2.59. The lowest BCUT2D eigenvalue weighted by molar-refractivity contribution is 0.281. The van der Waals surface area contributed by atoms with Gasteiger partial charge in [-0.3, -0.25) is 9.88 Å². The Morgan fingerprint density at radius 2 is 2.25 bits per heavy atom. The Balaban J connectivity index is 1.94. The molecule has 2 heterocycles. The van der Waals surface area contributed by atoms with Crippen LogP contribution in [-0.4, -0.2) is 28.0 Å². The van der Waals surface area contributed by atoms with Gasteiger partial charge in [0.1, 0.15) is 0 Å². The molecule has 5 heteroatoms. The first-order valence-electron chi connectivity index (χ1n) is 5.59. The van der Waals surface area contributed by atoms with Crippen molar-refractivity contribution < 1.29 is 0 Å². The fourth-order valence-electron chi connectivity index (χ4n) is 2.10. The highest BCUT2D eigenvalue weighted by Crippen LogP contribution is 2.29. The number of hydrazine groups is 1. The van der Waals surface area contributed by atoms with Crippen molar-refractivity contribution in [2.24, 2.45) is 11.3 Å². The van der Waals surface area contributed by atoms with Gasteiger partial charge in [-0.2, -0.15) is 0 Å². The molecule has 1 saturated heterocycles. The Morgan fingerprint density at radius 3 is 2.75 bits per heavy atom. The van der Waals surface area contributed by atoms with Crippen LogP contribution in [0.25, 0.3) is 0 Å². The van der Waals surface area contributed by atoms with Gasteiger partial charge in [-0.05, 0) is 18.4 Å². The molecule has 0 atom stereocenters. The van der Waals surface area contributed by atoms with E-state index in [1.54, 1.807) is 12.4 Å². The Kier molecular flexibility index (Phi) is 3.07. The fraction of sp³-hybridized carbons (Fsp3) is 0.636. The third-order valence-corrected chi connectivity index (χ3v) is 3.00. The maximum Gasteiger partial charge on any atom is 0.158 e. The zero-order chi connectivity index (χ0) is 11.6. The van der Waals surface area contributed by atoms with Gasteiger partial charge >= 0.3 is 0 Å². The van der Waals surface area contributed by atoms with Crippen LogP contribution in [-0.2, 0) is 6.54 Å². The van der Waals surface area contributed by atoms with E-state index >= 15 is 0 Å². The molecule has 0 unspecified atom stereocenters. The van der Waals surface area contributed by atoms with Gasteiger partial charge < -0.3 is 5.43 Å². The predicted octanol–water partition coefficient (Wildman–Crippen LogP) is 0.994. The van der Waals surface area contributed by atoms with E-state index in [4.69, 9.17) is 5.84 Å². The van der Waals surface area contributed by atoms with Crippen LogP contribution in [0.15, 0.2) is 12.4 Å². The van der Waals surface area contributed by atoms with Crippen molar-refractivity contribution in [3.05, 3.63) is 18.1 Å². The molecule has 0 radical (unpaired) electrons. The summed E-state index contributed by atoms with van der Waals surface area (Å²) in [5.41, 5.74) is 3.91. The number of hydrogen-bond acceptors (Lipinski definition) is 5. The van der Waals surface area contributed by atoms with E-state index in [2.05, 4.69) is 34.1 Å². The molecule has 0 aromatic carbocycles. The highest BCUT2D eigenvalue weighted by molar-refractivity contribution is 5.28. The van der Waals surface area contributed by atoms with Gasteiger partial charge in [-0.25, -0.2) is 10.8 Å². The smallest absolute Gasteiger partial charge is 0.158 e. The van der Waals surface area contributed by atoms with Gasteiger partial charge in [0.15, 0.2) is 5.82 Å². The summed E-state index contributed by atoms with van der Waals surface area (Å²) in [4.78, 5) is 10.9. The molecule has 3 N–H and O–H groups in total. The van der Waals surface area contributed by atoms with E-state index in [0.717, 1.165) is 25.3 Å². The normalized spacial score (nSPS) is 19.9. The van der Waals surface area contributed by atoms with Gasteiger partial charge in [-0.1, -0.05) is 13.8 Å². The first kappa shape index (κ1) is 11.3. The summed E-state index contributed by atoms with van der Waals surface area (Å²) in [6.07, 6.45) is 4.69. The molecule has 0 amide bonds. The molecule has 1 fully saturated rings. The van der Waals surface area contributed by atoms with E-state index in [-0.39, 0.29) is 0 Å². The lowest BCUT2D eigenvalue weighted by Gasteiger charge is -2.19. The molecule has 0 bridgehead atoms. The Hall–Kier alpha value is -1.20. The van der Waals surface area contributed by atoms with Crippen molar-refractivity contribution in [1.82, 2.24) is 14.9 Å². The van der Waals surface area contributed by atoms with Crippen LogP contribution in [0.5, 0.6) is 0 Å². The second-order valence-corrected chi connectivity index (χ2v) is 5.16. The first-order chi connectivity index (χ1) is 7.59. The number of nitrogens with zero attached hydrogens (tertiary/aromatic N) is 3. The zero-order valence-electron chi connectivity index (χ0n) is 9.90. The molecule has 5 nitrogen and oxygen atoms in total. The number of nitrogens with two attached hydrogens (primary N) is 1. The van der Waals surface area contributed by atoms with E-state index in [9.17, 15) is 0 Å². The van der Waals surface area contributed by atoms with Crippen molar-refractivity contribution in [2.75, 3.05) is 18.5 Å². The highest BCUT2D eigenvalue weighted by Gasteiger charge is 2.29. The van der Waals surface area contributed by atoms with Gasteiger partial charge in [0.2, 0.25) is 0 Å². The van der Waals surface area contributed by atoms with Crippen LogP contribution >= 0.6 is 0 Å². The summed E-state index contributed by atoms with van der Waals surface area (Å²) in [6.45, 7) is 7.76. The number of likely N-dealkylation sites (tertiary alicyclic amines) is 1. The van der Waals surface area contributed by atoms with Crippen molar-refractivity contribution in [3.8, 4) is 0 Å². The topological polar surface area (TPSA) is 67.1 Å². The Morgan fingerprint density at radius 1 is 1.44 bits per heavy atom. The molecule has 0 aliphatic carbocycles. The van der Waals surface area contributed by atoms with E-state index in [0.29, 0.717) is 11.2 Å². The minimum atomic E-state index is 0.437. The third kappa shape index (κ3) is 2.68. The van der Waals surface area contributed by atoms with Crippen LogP contribution in [0.2, 0.25) is 0 Å². The summed E-state index contributed by atoms with van der Waals surface area (Å²) in [6, 6.07) is 0. The molecule has 1 aromatic rings. The van der Waals surface area contributed by atoms with Gasteiger partial charge in [0.05, 0.1) is 18.1 Å². The van der Waals surface area contributed by atoms with Crippen LogP contribution in [0.3, 0.4) is 0 Å². The zero-order valence-corrected chi connectivity index (χ0v) is 9.90. The molecule has 1 aliphatic rings. The maximum atomic E-state index is 5.24. The van der Waals surface area contributed by atoms with E-state index in [1.165, 1.54) is 6.42 Å². The van der Waals surface area contributed by atoms with Crippen molar-refractivity contribution in [1.29, 1.82) is 0 Å². The van der Waals surface area contributed by atoms with Crippen molar-refractivity contribution in [3.63, 3.8) is 0 Å². The molecular formula is C11H19N5. The minimum absolute atomic E-state index is 0.437. The first-order valence-corrected chi connectivity index (χ1v) is 5.59. The summed E-state index contributed by atoms with van der Waals surface area (Å²) >= 11 is 0. The van der Waals surface area contributed by atoms with E-state index in [1.807, 2.05) is 0 Å². The molecule has 1 aromatic heterocycles. The minimum Gasteiger partial charge on any atom is -0.307 e. The molecular weight excluding hydrogens is 202 g/mol. The second kappa shape index (κ2) is 4.35. The Labute approximate surface area is 96.0 Å². The lowest BCUT2D eigenvalue weighted by Crippen LogP contribution is -2.23. The summed E-state index contributed by atoms with van der Waals surface area (Å²) in [5.74, 6) is 5.84. The SMILES string of the molecule is CC1(C)CCN(Cc2cnc(NN)cn2)C1. The molecule has 0 spiro atoms. The largest absolute Gasteiger partial charge is 0.307 e. The fourth-order valence-corrected chi connectivity index (χ4v) is 2.10. The van der Waals surface area contributed by atoms with Crippen molar-refractivity contribution >= 4 is 5.82 Å². The molecule has 0 saturated carbocycles. The number of nitrogen functional groups attached to an aromatic ring is 1. The van der Waals surface area contributed by atoms with Crippen molar-refractivity contribution in [2.45, 2.75) is 26.8 Å². The third-order valence-electron chi connectivity index (χ3n) is 3.00. The Bertz CT molecular complexity index is 346. The summed E-state index contributed by atoms with van der Waals surface area (Å²) in [5, 5.41) is 0. The maximum absolute atomic E-state index is 5.24. The second-order valence-electron chi connectivity index (χ2n) is 5.16. The lowest BCUT2D eigenvalue weighted by atomic mass is 9.93. The van der Waals surface area contributed by atoms with Crippen LogP contribution in [0, 0.1) is 5.41 Å². The summed E-state index contributed by atoms with van der Waals surface area (Å²) < 4.78 is 0. The molecule has 16 heavy (non-hydrogen) atoms. The monoisotopic (exact) mass is 221 g/mol. The number of anilines is 1. The van der Waals surface area contributed by atoms with Crippen LogP contribution in [0.4, 0.5) is 5.82 Å². The molecule has 2 rings (SSSR count). The van der Waals surface area contributed by atoms with Gasteiger partial charge in [-0.15, -0.1) is 0 Å². The standard InChI is InChI=1S/C11H19N5/c1-11(2)3-4-16(8-11)7-9-5-14-10(15-12)6-13-9/h5-6H,3-4,7-8,12H2,1-2H3,(H,14,15). The predicted molar refractivity (Wildman–Crippen MR) is 63.5 cm³/mol.